The molecule has 0 amide bonds. The highest BCUT2D eigenvalue weighted by atomic mass is 79.9. The van der Waals surface area contributed by atoms with E-state index in [0.717, 1.165) is 0 Å². The second kappa shape index (κ2) is 6.26. The van der Waals surface area contributed by atoms with Crippen LogP contribution >= 0.6 is 31.9 Å². The summed E-state index contributed by atoms with van der Waals surface area (Å²) >= 11 is 6.61. The summed E-state index contributed by atoms with van der Waals surface area (Å²) in [5.74, 6) is 0. The maximum absolute atomic E-state index is 12.3. The van der Waals surface area contributed by atoms with Crippen molar-refractivity contribution < 1.29 is 13.5 Å². The molecule has 0 aliphatic heterocycles. The zero-order valence-electron chi connectivity index (χ0n) is 10.2. The van der Waals surface area contributed by atoms with Crippen LogP contribution in [-0.4, -0.2) is 13.5 Å². The second-order valence-corrected chi connectivity index (χ2v) is 7.40. The molecule has 0 saturated heterocycles. The molecule has 2 aromatic carbocycles. The second-order valence-electron chi connectivity index (χ2n) is 4.00. The molecule has 0 unspecified atom stereocenters. The molecule has 2 N–H and O–H groups in total. The van der Waals surface area contributed by atoms with Gasteiger partial charge in [0.2, 0.25) is 0 Å². The van der Waals surface area contributed by atoms with E-state index >= 15 is 0 Å². The summed E-state index contributed by atoms with van der Waals surface area (Å²) in [6.07, 6.45) is 0. The van der Waals surface area contributed by atoms with Gasteiger partial charge in [0, 0.05) is 8.95 Å². The topological polar surface area (TPSA) is 66.4 Å². The van der Waals surface area contributed by atoms with Gasteiger partial charge < -0.3 is 5.11 Å². The fourth-order valence-corrected chi connectivity index (χ4v) is 4.12. The first-order chi connectivity index (χ1) is 9.44. The van der Waals surface area contributed by atoms with Gasteiger partial charge in [0.1, 0.15) is 0 Å². The molecule has 2 rings (SSSR count). The van der Waals surface area contributed by atoms with Crippen molar-refractivity contribution in [2.75, 3.05) is 4.72 Å². The lowest BCUT2D eigenvalue weighted by atomic mass is 10.2. The van der Waals surface area contributed by atoms with Gasteiger partial charge in [-0.15, -0.1) is 0 Å². The lowest BCUT2D eigenvalue weighted by molar-refractivity contribution is 0.282. The van der Waals surface area contributed by atoms with Crippen molar-refractivity contribution in [3.8, 4) is 0 Å². The zero-order valence-corrected chi connectivity index (χ0v) is 14.2. The number of halogens is 2. The van der Waals surface area contributed by atoms with E-state index in [-0.39, 0.29) is 11.5 Å². The average Bonchev–Trinajstić information content (AvgIpc) is 2.43. The van der Waals surface area contributed by atoms with Crippen molar-refractivity contribution in [1.29, 1.82) is 0 Å². The molecule has 4 nitrogen and oxygen atoms in total. The third-order valence-electron chi connectivity index (χ3n) is 2.62. The number of hydrogen-bond acceptors (Lipinski definition) is 3. The maximum Gasteiger partial charge on any atom is 0.261 e. The Morgan fingerprint density at radius 1 is 1.00 bits per heavy atom. The molecule has 0 spiro atoms. The van der Waals surface area contributed by atoms with E-state index in [1.807, 2.05) is 0 Å². The van der Waals surface area contributed by atoms with Crippen LogP contribution < -0.4 is 4.72 Å². The van der Waals surface area contributed by atoms with Crippen LogP contribution in [-0.2, 0) is 16.6 Å². The molecule has 0 aliphatic carbocycles. The Labute approximate surface area is 134 Å². The average molecular weight is 421 g/mol. The molecule has 0 saturated carbocycles. The van der Waals surface area contributed by atoms with E-state index in [9.17, 15) is 8.42 Å². The predicted molar refractivity (Wildman–Crippen MR) is 85.0 cm³/mol. The molecule has 0 radical (unpaired) electrons. The smallest absolute Gasteiger partial charge is 0.261 e. The highest BCUT2D eigenvalue weighted by Gasteiger charge is 2.17. The Morgan fingerprint density at radius 2 is 1.55 bits per heavy atom. The van der Waals surface area contributed by atoms with E-state index in [0.29, 0.717) is 20.2 Å². The highest BCUT2D eigenvalue weighted by Crippen LogP contribution is 2.32. The van der Waals surface area contributed by atoms with Crippen LogP contribution in [0.3, 0.4) is 0 Å². The quantitative estimate of drug-likeness (QED) is 0.795. The number of nitrogens with one attached hydrogen (secondary N) is 1. The minimum atomic E-state index is -3.67. The van der Waals surface area contributed by atoms with Crippen LogP contribution in [0, 0.1) is 0 Å². The molecule has 0 bridgehead atoms. The van der Waals surface area contributed by atoms with Crippen molar-refractivity contribution in [1.82, 2.24) is 0 Å². The Balaban J connectivity index is 2.35. The highest BCUT2D eigenvalue weighted by molar-refractivity contribution is 9.11. The number of sulfonamides is 1. The Kier molecular flexibility index (Phi) is 4.85. The van der Waals surface area contributed by atoms with E-state index in [2.05, 4.69) is 36.6 Å². The molecule has 0 heterocycles. The van der Waals surface area contributed by atoms with Crippen LogP contribution in [0.15, 0.2) is 56.3 Å². The molecule has 20 heavy (non-hydrogen) atoms. The predicted octanol–water partition coefficient (Wildman–Crippen LogP) is 3.50. The zero-order chi connectivity index (χ0) is 14.8. The molecule has 0 fully saturated rings. The molecule has 7 heteroatoms. The van der Waals surface area contributed by atoms with Gasteiger partial charge in [0.05, 0.1) is 17.2 Å². The standard InChI is InChI=1S/C13H11Br2NO3S/c14-11-2-1-3-12(15)13(11)16-20(18,19)10-6-4-9(8-17)5-7-10/h1-7,16-17H,8H2. The number of aliphatic hydroxyl groups excluding tert-OH is 1. The van der Waals surface area contributed by atoms with Crippen molar-refractivity contribution in [3.05, 3.63) is 57.0 Å². The van der Waals surface area contributed by atoms with Gasteiger partial charge >= 0.3 is 0 Å². The molecule has 2 aromatic rings. The molecule has 0 atom stereocenters. The van der Waals surface area contributed by atoms with Gasteiger partial charge in [-0.05, 0) is 61.7 Å². The largest absolute Gasteiger partial charge is 0.392 e. The summed E-state index contributed by atoms with van der Waals surface area (Å²) in [6, 6.07) is 11.3. The summed E-state index contributed by atoms with van der Waals surface area (Å²) in [5.41, 5.74) is 1.10. The fraction of sp³-hybridized carbons (Fsp3) is 0.0769. The van der Waals surface area contributed by atoms with Gasteiger partial charge in [0.15, 0.2) is 0 Å². The minimum Gasteiger partial charge on any atom is -0.392 e. The molecule has 0 aromatic heterocycles. The van der Waals surface area contributed by atoms with E-state index in [1.54, 1.807) is 30.3 Å². The van der Waals surface area contributed by atoms with E-state index in [1.165, 1.54) is 12.1 Å². The first-order valence-corrected chi connectivity index (χ1v) is 8.67. The normalized spacial score (nSPS) is 11.3. The van der Waals surface area contributed by atoms with Gasteiger partial charge in [-0.2, -0.15) is 0 Å². The molecular weight excluding hydrogens is 410 g/mol. The molecule has 0 aliphatic rings. The van der Waals surface area contributed by atoms with Crippen LogP contribution in [0.5, 0.6) is 0 Å². The summed E-state index contributed by atoms with van der Waals surface area (Å²) in [4.78, 5) is 0.136. The third kappa shape index (κ3) is 3.41. The van der Waals surface area contributed by atoms with Crippen LogP contribution in [0.25, 0.3) is 0 Å². The number of para-hydroxylation sites is 1. The van der Waals surface area contributed by atoms with E-state index in [4.69, 9.17) is 5.11 Å². The SMILES string of the molecule is O=S(=O)(Nc1c(Br)cccc1Br)c1ccc(CO)cc1. The summed E-state index contributed by atoms with van der Waals surface area (Å²) in [6.45, 7) is -0.121. The minimum absolute atomic E-state index is 0.121. The van der Waals surface area contributed by atoms with Gasteiger partial charge in [-0.3, -0.25) is 4.72 Å². The van der Waals surface area contributed by atoms with Gasteiger partial charge in [0.25, 0.3) is 10.0 Å². The third-order valence-corrected chi connectivity index (χ3v) is 5.30. The summed E-state index contributed by atoms with van der Waals surface area (Å²) in [7, 11) is -3.67. The number of rotatable bonds is 4. The molecule has 106 valence electrons. The Bertz CT molecular complexity index is 695. The van der Waals surface area contributed by atoms with Crippen molar-refractivity contribution >= 4 is 47.6 Å². The monoisotopic (exact) mass is 419 g/mol. The van der Waals surface area contributed by atoms with Crippen molar-refractivity contribution in [3.63, 3.8) is 0 Å². The number of aliphatic hydroxyl groups is 1. The molecular formula is C13H11Br2NO3S. The van der Waals surface area contributed by atoms with Gasteiger partial charge in [-0.1, -0.05) is 18.2 Å². The van der Waals surface area contributed by atoms with Crippen molar-refractivity contribution in [2.24, 2.45) is 0 Å². The summed E-state index contributed by atoms with van der Waals surface area (Å²) in [5, 5.41) is 8.96. The number of anilines is 1. The number of benzene rings is 2. The van der Waals surface area contributed by atoms with E-state index < -0.39 is 10.0 Å². The first-order valence-electron chi connectivity index (χ1n) is 5.60. The van der Waals surface area contributed by atoms with Crippen LogP contribution in [0.2, 0.25) is 0 Å². The van der Waals surface area contributed by atoms with Gasteiger partial charge in [-0.25, -0.2) is 8.42 Å². The fourth-order valence-electron chi connectivity index (χ4n) is 1.56. The van der Waals surface area contributed by atoms with Crippen LogP contribution in [0.1, 0.15) is 5.56 Å². The lowest BCUT2D eigenvalue weighted by Gasteiger charge is -2.11. The van der Waals surface area contributed by atoms with Crippen molar-refractivity contribution in [2.45, 2.75) is 11.5 Å². The Hall–Kier alpha value is -0.890. The number of hydrogen-bond donors (Lipinski definition) is 2. The van der Waals surface area contributed by atoms with Crippen LogP contribution in [0.4, 0.5) is 5.69 Å². The Morgan fingerprint density at radius 3 is 2.05 bits per heavy atom. The summed E-state index contributed by atoms with van der Waals surface area (Å²) < 4.78 is 28.4. The lowest BCUT2D eigenvalue weighted by Crippen LogP contribution is -2.13. The first kappa shape index (κ1) is 15.5. The maximum atomic E-state index is 12.3.